The molecule has 0 aliphatic heterocycles. The van der Waals surface area contributed by atoms with Crippen LogP contribution in [0.5, 0.6) is 0 Å². The fourth-order valence-electron chi connectivity index (χ4n) is 2.74. The molecule has 0 bridgehead atoms. The number of aromatic nitrogens is 5. The summed E-state index contributed by atoms with van der Waals surface area (Å²) in [6.45, 7) is 3.85. The number of benzene rings is 1. The molecule has 3 aromatic heterocycles. The van der Waals surface area contributed by atoms with Crippen LogP contribution < -0.4 is 5.32 Å². The molecular weight excluding hydrogens is 367 g/mol. The number of hydrogen-bond donors (Lipinski definition) is 1. The number of thiophene rings is 1. The normalized spacial score (nSPS) is 10.9. The summed E-state index contributed by atoms with van der Waals surface area (Å²) in [5.41, 5.74) is 2.01. The molecule has 0 saturated heterocycles. The Labute approximate surface area is 158 Å². The molecule has 1 N–H and O–H groups in total. The van der Waals surface area contributed by atoms with Gasteiger partial charge in [0, 0.05) is 17.3 Å². The van der Waals surface area contributed by atoms with Gasteiger partial charge in [0.2, 0.25) is 0 Å². The lowest BCUT2D eigenvalue weighted by Gasteiger charge is -2.10. The lowest BCUT2D eigenvalue weighted by Crippen LogP contribution is -2.16. The zero-order valence-electron chi connectivity index (χ0n) is 14.5. The summed E-state index contributed by atoms with van der Waals surface area (Å²) >= 11 is 1.52. The first kappa shape index (κ1) is 17.1. The van der Waals surface area contributed by atoms with Crippen molar-refractivity contribution in [1.82, 2.24) is 24.8 Å². The molecule has 7 nitrogen and oxygen atoms in total. The molecule has 9 heteroatoms. The maximum absolute atomic E-state index is 14.3. The number of hydrogen-bond acceptors (Lipinski definition) is 5. The van der Waals surface area contributed by atoms with E-state index in [1.165, 1.54) is 40.5 Å². The van der Waals surface area contributed by atoms with Gasteiger partial charge in [-0.3, -0.25) is 4.79 Å². The number of nitrogens with one attached hydrogen (secondary N) is 1. The number of halogens is 1. The molecule has 27 heavy (non-hydrogen) atoms. The van der Waals surface area contributed by atoms with E-state index in [0.717, 1.165) is 15.4 Å². The summed E-state index contributed by atoms with van der Waals surface area (Å²) in [5.74, 6) is -0.902. The van der Waals surface area contributed by atoms with Crippen LogP contribution in [0.4, 0.5) is 10.1 Å². The van der Waals surface area contributed by atoms with Crippen LogP contribution in [-0.4, -0.2) is 30.7 Å². The van der Waals surface area contributed by atoms with Crippen molar-refractivity contribution in [2.24, 2.45) is 0 Å². The van der Waals surface area contributed by atoms with Crippen molar-refractivity contribution in [3.63, 3.8) is 0 Å². The number of amides is 1. The molecule has 1 aromatic carbocycles. The van der Waals surface area contributed by atoms with Gasteiger partial charge in [-0.05, 0) is 60.2 Å². The molecule has 4 aromatic rings. The van der Waals surface area contributed by atoms with Crippen molar-refractivity contribution < 1.29 is 9.18 Å². The molecule has 0 radical (unpaired) electrons. The summed E-state index contributed by atoms with van der Waals surface area (Å²) in [5, 5.41) is 14.4. The minimum atomic E-state index is -0.535. The third-order valence-corrected chi connectivity index (χ3v) is 5.47. The second kappa shape index (κ2) is 6.76. The Hall–Kier alpha value is -3.33. The minimum absolute atomic E-state index is 0.0645. The van der Waals surface area contributed by atoms with E-state index in [1.807, 2.05) is 42.9 Å². The Kier molecular flexibility index (Phi) is 4.28. The van der Waals surface area contributed by atoms with Crippen molar-refractivity contribution in [3.05, 3.63) is 70.9 Å². The average Bonchev–Trinajstić information content (AvgIpc) is 3.39. The van der Waals surface area contributed by atoms with Gasteiger partial charge in [-0.15, -0.1) is 16.4 Å². The molecule has 0 saturated carbocycles. The van der Waals surface area contributed by atoms with Crippen molar-refractivity contribution >= 4 is 22.9 Å². The first-order chi connectivity index (χ1) is 13.0. The van der Waals surface area contributed by atoms with Gasteiger partial charge in [0.25, 0.3) is 5.91 Å². The second-order valence-corrected chi connectivity index (χ2v) is 7.13. The lowest BCUT2D eigenvalue weighted by atomic mass is 10.1. The first-order valence-corrected chi connectivity index (χ1v) is 8.94. The van der Waals surface area contributed by atoms with Crippen molar-refractivity contribution in [1.29, 1.82) is 0 Å². The fraction of sp³-hybridized carbons (Fsp3) is 0.111. The number of nitrogens with zero attached hydrogens (tertiary/aromatic N) is 5. The van der Waals surface area contributed by atoms with E-state index < -0.39 is 5.82 Å². The summed E-state index contributed by atoms with van der Waals surface area (Å²) in [6, 6.07) is 8.08. The third kappa shape index (κ3) is 3.13. The van der Waals surface area contributed by atoms with E-state index >= 15 is 0 Å². The highest BCUT2D eigenvalue weighted by Crippen LogP contribution is 2.32. The zero-order valence-corrected chi connectivity index (χ0v) is 15.4. The maximum Gasteiger partial charge on any atom is 0.259 e. The van der Waals surface area contributed by atoms with E-state index in [4.69, 9.17) is 0 Å². The Morgan fingerprint density at radius 2 is 2.00 bits per heavy atom. The fourth-order valence-corrected chi connectivity index (χ4v) is 3.86. The van der Waals surface area contributed by atoms with Crippen LogP contribution in [0.1, 0.15) is 20.8 Å². The average molecular weight is 382 g/mol. The van der Waals surface area contributed by atoms with Crippen LogP contribution in [0.2, 0.25) is 0 Å². The number of tetrazole rings is 1. The van der Waals surface area contributed by atoms with Crippen LogP contribution in [0, 0.1) is 19.7 Å². The van der Waals surface area contributed by atoms with Gasteiger partial charge in [-0.1, -0.05) is 0 Å². The predicted octanol–water partition coefficient (Wildman–Crippen LogP) is 3.52. The van der Waals surface area contributed by atoms with Crippen molar-refractivity contribution in [2.45, 2.75) is 13.8 Å². The molecule has 0 aliphatic rings. The van der Waals surface area contributed by atoms with Crippen LogP contribution in [0.3, 0.4) is 0 Å². The smallest absolute Gasteiger partial charge is 0.259 e. The van der Waals surface area contributed by atoms with Crippen molar-refractivity contribution in [3.8, 4) is 10.7 Å². The van der Waals surface area contributed by atoms with E-state index in [9.17, 15) is 9.18 Å². The Balaban J connectivity index is 1.71. The second-order valence-electron chi connectivity index (χ2n) is 5.93. The Bertz CT molecular complexity index is 1100. The highest BCUT2D eigenvalue weighted by atomic mass is 32.1. The zero-order chi connectivity index (χ0) is 19.0. The third-order valence-electron chi connectivity index (χ3n) is 4.24. The summed E-state index contributed by atoms with van der Waals surface area (Å²) < 4.78 is 17.6. The number of aryl methyl sites for hydroxylation is 1. The quantitative estimate of drug-likeness (QED) is 0.586. The molecule has 0 fully saturated rings. The number of rotatable bonds is 4. The number of anilines is 1. The Morgan fingerprint density at radius 3 is 2.70 bits per heavy atom. The molecule has 136 valence electrons. The SMILES string of the molecule is Cc1sc(-n2cccc2)c(C(=O)Nc2cc(-n3cnnn3)ccc2F)c1C. The highest BCUT2D eigenvalue weighted by molar-refractivity contribution is 7.15. The van der Waals surface area contributed by atoms with Crippen LogP contribution in [0.25, 0.3) is 10.7 Å². The van der Waals surface area contributed by atoms with E-state index in [0.29, 0.717) is 11.3 Å². The largest absolute Gasteiger partial charge is 0.319 e. The number of carbonyl (C=O) groups excluding carboxylic acids is 1. The van der Waals surface area contributed by atoms with Crippen LogP contribution in [-0.2, 0) is 0 Å². The predicted molar refractivity (Wildman–Crippen MR) is 100 cm³/mol. The van der Waals surface area contributed by atoms with Gasteiger partial charge in [0.15, 0.2) is 0 Å². The summed E-state index contributed by atoms with van der Waals surface area (Å²) in [4.78, 5) is 14.0. The Morgan fingerprint density at radius 1 is 1.22 bits per heavy atom. The van der Waals surface area contributed by atoms with Crippen LogP contribution in [0.15, 0.2) is 49.1 Å². The molecule has 0 spiro atoms. The van der Waals surface area contributed by atoms with E-state index in [1.54, 1.807) is 0 Å². The lowest BCUT2D eigenvalue weighted by molar-refractivity contribution is 0.102. The van der Waals surface area contributed by atoms with E-state index in [-0.39, 0.29) is 11.6 Å². The monoisotopic (exact) mass is 382 g/mol. The topological polar surface area (TPSA) is 77.6 Å². The number of carbonyl (C=O) groups is 1. The van der Waals surface area contributed by atoms with E-state index in [2.05, 4.69) is 20.8 Å². The van der Waals surface area contributed by atoms with Crippen molar-refractivity contribution in [2.75, 3.05) is 5.32 Å². The first-order valence-electron chi connectivity index (χ1n) is 8.12. The van der Waals surface area contributed by atoms with Gasteiger partial charge in [0.05, 0.1) is 16.9 Å². The molecule has 0 aliphatic carbocycles. The molecule has 0 unspecified atom stereocenters. The highest BCUT2D eigenvalue weighted by Gasteiger charge is 2.21. The molecule has 4 rings (SSSR count). The summed E-state index contributed by atoms with van der Waals surface area (Å²) in [6.07, 6.45) is 5.15. The summed E-state index contributed by atoms with van der Waals surface area (Å²) in [7, 11) is 0. The standard InChI is InChI=1S/C18H15FN6OS/c1-11-12(2)27-18(24-7-3-4-8-24)16(11)17(26)21-15-9-13(5-6-14(15)19)25-10-20-22-23-25/h3-10H,1-2H3,(H,21,26). The molecule has 0 atom stereocenters. The van der Waals surface area contributed by atoms with Crippen LogP contribution >= 0.6 is 11.3 Å². The minimum Gasteiger partial charge on any atom is -0.319 e. The van der Waals surface area contributed by atoms with Gasteiger partial charge in [-0.25, -0.2) is 9.07 Å². The van der Waals surface area contributed by atoms with Gasteiger partial charge in [0.1, 0.15) is 17.1 Å². The van der Waals surface area contributed by atoms with Gasteiger partial charge < -0.3 is 9.88 Å². The maximum atomic E-state index is 14.3. The van der Waals surface area contributed by atoms with Gasteiger partial charge in [-0.2, -0.15) is 0 Å². The molecular formula is C18H15FN6OS. The molecule has 1 amide bonds. The molecule has 3 heterocycles. The van der Waals surface area contributed by atoms with Gasteiger partial charge >= 0.3 is 0 Å².